The summed E-state index contributed by atoms with van der Waals surface area (Å²) >= 11 is 0. The van der Waals surface area contributed by atoms with E-state index in [2.05, 4.69) is 62.6 Å². The van der Waals surface area contributed by atoms with E-state index >= 15 is 0 Å². The van der Waals surface area contributed by atoms with Gasteiger partial charge in [-0.15, -0.1) is 0 Å². The van der Waals surface area contributed by atoms with Gasteiger partial charge in [0.15, 0.2) is 5.96 Å². The lowest BCUT2D eigenvalue weighted by Gasteiger charge is -2.20. The van der Waals surface area contributed by atoms with Gasteiger partial charge in [0.1, 0.15) is 0 Å². The first-order valence-corrected chi connectivity index (χ1v) is 8.77. The minimum absolute atomic E-state index is 0.204. The Kier molecular flexibility index (Phi) is 9.37. The van der Waals surface area contributed by atoms with Crippen LogP contribution in [0.2, 0.25) is 0 Å². The second-order valence-electron chi connectivity index (χ2n) is 6.50. The van der Waals surface area contributed by atoms with Crippen molar-refractivity contribution in [2.75, 3.05) is 19.7 Å². The zero-order chi connectivity index (χ0) is 17.1. The van der Waals surface area contributed by atoms with Gasteiger partial charge in [-0.05, 0) is 44.1 Å². The number of benzene rings is 1. The average molecular weight is 319 g/mol. The number of aliphatic imine (C=N–C) groups is 1. The van der Waals surface area contributed by atoms with E-state index in [1.54, 1.807) is 0 Å². The van der Waals surface area contributed by atoms with E-state index in [0.29, 0.717) is 11.8 Å². The summed E-state index contributed by atoms with van der Waals surface area (Å²) in [4.78, 5) is 4.73. The Morgan fingerprint density at radius 2 is 1.87 bits per heavy atom. The Morgan fingerprint density at radius 1 is 1.17 bits per heavy atom. The minimum atomic E-state index is 0.204. The largest absolute Gasteiger partial charge is 0.396 e. The van der Waals surface area contributed by atoms with Crippen LogP contribution in [0.4, 0.5) is 0 Å². The highest BCUT2D eigenvalue weighted by Gasteiger charge is 2.12. The molecule has 0 saturated heterocycles. The zero-order valence-electron chi connectivity index (χ0n) is 15.0. The third-order valence-electron chi connectivity index (χ3n) is 3.85. The monoisotopic (exact) mass is 319 g/mol. The van der Waals surface area contributed by atoms with Crippen LogP contribution < -0.4 is 10.6 Å². The normalized spacial score (nSPS) is 14.6. The number of nitrogens with zero attached hydrogens (tertiary/aromatic N) is 1. The van der Waals surface area contributed by atoms with Crippen LogP contribution in [0.3, 0.4) is 0 Å². The lowest BCUT2D eigenvalue weighted by molar-refractivity contribution is 0.245. The maximum Gasteiger partial charge on any atom is 0.191 e. The third-order valence-corrected chi connectivity index (χ3v) is 3.85. The lowest BCUT2D eigenvalue weighted by Crippen LogP contribution is -2.39. The Labute approximate surface area is 141 Å². The number of hydrogen-bond donors (Lipinski definition) is 3. The summed E-state index contributed by atoms with van der Waals surface area (Å²) < 4.78 is 0. The smallest absolute Gasteiger partial charge is 0.191 e. The molecule has 0 bridgehead atoms. The van der Waals surface area contributed by atoms with Crippen LogP contribution in [0.25, 0.3) is 0 Å². The summed E-state index contributed by atoms with van der Waals surface area (Å²) in [5, 5.41) is 16.0. The van der Waals surface area contributed by atoms with Crippen molar-refractivity contribution >= 4 is 5.96 Å². The van der Waals surface area contributed by atoms with Gasteiger partial charge in [0.05, 0.1) is 6.04 Å². The van der Waals surface area contributed by atoms with Gasteiger partial charge in [-0.2, -0.15) is 0 Å². The molecule has 0 amide bonds. The molecule has 0 heterocycles. The van der Waals surface area contributed by atoms with Crippen molar-refractivity contribution in [1.82, 2.24) is 10.6 Å². The van der Waals surface area contributed by atoms with Gasteiger partial charge in [-0.25, -0.2) is 0 Å². The van der Waals surface area contributed by atoms with Crippen molar-refractivity contribution in [1.29, 1.82) is 0 Å². The molecule has 0 aliphatic carbocycles. The van der Waals surface area contributed by atoms with E-state index < -0.39 is 0 Å². The molecule has 4 heteroatoms. The molecule has 0 aromatic heterocycles. The molecule has 0 radical (unpaired) electrons. The van der Waals surface area contributed by atoms with Crippen LogP contribution in [0.15, 0.2) is 35.3 Å². The van der Waals surface area contributed by atoms with Crippen molar-refractivity contribution in [3.8, 4) is 0 Å². The molecule has 23 heavy (non-hydrogen) atoms. The van der Waals surface area contributed by atoms with Gasteiger partial charge in [-0.3, -0.25) is 4.99 Å². The molecule has 1 aromatic carbocycles. The standard InChI is InChI=1S/C19H33N3O/c1-5-20-19(21-14-17(11-12-23)13-15(2)3)22-16(4)18-9-7-6-8-10-18/h6-10,15-17,23H,5,11-14H2,1-4H3,(H2,20,21,22). The molecule has 0 aliphatic rings. The van der Waals surface area contributed by atoms with Gasteiger partial charge >= 0.3 is 0 Å². The molecule has 0 fully saturated rings. The first kappa shape index (κ1) is 19.5. The number of aliphatic hydroxyl groups is 1. The van der Waals surface area contributed by atoms with E-state index in [4.69, 9.17) is 4.99 Å². The highest BCUT2D eigenvalue weighted by Crippen LogP contribution is 2.16. The van der Waals surface area contributed by atoms with E-state index in [1.165, 1.54) is 5.56 Å². The number of rotatable bonds is 9. The molecule has 1 aromatic rings. The Hall–Kier alpha value is -1.55. The zero-order valence-corrected chi connectivity index (χ0v) is 15.0. The molecule has 3 N–H and O–H groups in total. The van der Waals surface area contributed by atoms with Gasteiger partial charge < -0.3 is 15.7 Å². The highest BCUT2D eigenvalue weighted by atomic mass is 16.3. The van der Waals surface area contributed by atoms with E-state index in [0.717, 1.165) is 31.9 Å². The van der Waals surface area contributed by atoms with Crippen molar-refractivity contribution in [2.45, 2.75) is 46.6 Å². The number of guanidine groups is 1. The first-order chi connectivity index (χ1) is 11.1. The van der Waals surface area contributed by atoms with E-state index in [9.17, 15) is 5.11 Å². The fourth-order valence-electron chi connectivity index (χ4n) is 2.70. The summed E-state index contributed by atoms with van der Waals surface area (Å²) in [6.45, 7) is 10.5. The van der Waals surface area contributed by atoms with Gasteiger partial charge in [0, 0.05) is 19.7 Å². The predicted octanol–water partition coefficient (Wildman–Crippen LogP) is 3.35. The predicted molar refractivity (Wildman–Crippen MR) is 98.6 cm³/mol. The fraction of sp³-hybridized carbons (Fsp3) is 0.632. The molecule has 0 saturated carbocycles. The van der Waals surface area contributed by atoms with Crippen LogP contribution in [-0.4, -0.2) is 30.8 Å². The van der Waals surface area contributed by atoms with Gasteiger partial charge in [-0.1, -0.05) is 44.2 Å². The maximum absolute atomic E-state index is 9.23. The molecule has 1 rings (SSSR count). The maximum atomic E-state index is 9.23. The summed E-state index contributed by atoms with van der Waals surface area (Å²) in [5.41, 5.74) is 1.24. The van der Waals surface area contributed by atoms with Crippen molar-refractivity contribution in [3.63, 3.8) is 0 Å². The third kappa shape index (κ3) is 8.03. The topological polar surface area (TPSA) is 56.7 Å². The summed E-state index contributed by atoms with van der Waals surface area (Å²) in [7, 11) is 0. The van der Waals surface area contributed by atoms with Crippen LogP contribution >= 0.6 is 0 Å². The van der Waals surface area contributed by atoms with Crippen molar-refractivity contribution < 1.29 is 5.11 Å². The number of aliphatic hydroxyl groups excluding tert-OH is 1. The number of nitrogens with one attached hydrogen (secondary N) is 2. The second-order valence-corrected chi connectivity index (χ2v) is 6.50. The molecule has 4 nitrogen and oxygen atoms in total. The molecule has 2 atom stereocenters. The second kappa shape index (κ2) is 11.1. The number of hydrogen-bond acceptors (Lipinski definition) is 2. The van der Waals surface area contributed by atoms with E-state index in [1.807, 2.05) is 6.07 Å². The fourth-order valence-corrected chi connectivity index (χ4v) is 2.70. The SMILES string of the molecule is CCNC(=NCC(CCO)CC(C)C)NC(C)c1ccccc1. The Morgan fingerprint density at radius 3 is 2.43 bits per heavy atom. The van der Waals surface area contributed by atoms with Gasteiger partial charge in [0.25, 0.3) is 0 Å². The quantitative estimate of drug-likeness (QED) is 0.483. The molecule has 130 valence electrons. The van der Waals surface area contributed by atoms with Crippen molar-refractivity contribution in [2.24, 2.45) is 16.8 Å². The Balaban J connectivity index is 2.67. The highest BCUT2D eigenvalue weighted by molar-refractivity contribution is 5.80. The minimum Gasteiger partial charge on any atom is -0.396 e. The van der Waals surface area contributed by atoms with Crippen LogP contribution in [0.5, 0.6) is 0 Å². The van der Waals surface area contributed by atoms with Gasteiger partial charge in [0.2, 0.25) is 0 Å². The summed E-state index contributed by atoms with van der Waals surface area (Å²) in [6, 6.07) is 10.6. The molecule has 0 aliphatic heterocycles. The first-order valence-electron chi connectivity index (χ1n) is 8.77. The van der Waals surface area contributed by atoms with Crippen LogP contribution in [0, 0.1) is 11.8 Å². The van der Waals surface area contributed by atoms with Crippen molar-refractivity contribution in [3.05, 3.63) is 35.9 Å². The molecule has 2 unspecified atom stereocenters. The summed E-state index contributed by atoms with van der Waals surface area (Å²) in [6.07, 6.45) is 1.91. The molecule has 0 spiro atoms. The van der Waals surface area contributed by atoms with Crippen LogP contribution in [0.1, 0.15) is 52.1 Å². The lowest BCUT2D eigenvalue weighted by atomic mass is 9.94. The van der Waals surface area contributed by atoms with E-state index in [-0.39, 0.29) is 12.6 Å². The van der Waals surface area contributed by atoms with Crippen LogP contribution in [-0.2, 0) is 0 Å². The Bertz CT molecular complexity index is 445. The summed E-state index contributed by atoms with van der Waals surface area (Å²) in [5.74, 6) is 1.90. The molecular weight excluding hydrogens is 286 g/mol. The average Bonchev–Trinajstić information content (AvgIpc) is 2.53. The molecular formula is C19H33N3O.